The van der Waals surface area contributed by atoms with Crippen LogP contribution < -0.4 is 11.1 Å². The van der Waals surface area contributed by atoms with Crippen molar-refractivity contribution in [3.05, 3.63) is 41.1 Å². The van der Waals surface area contributed by atoms with Crippen molar-refractivity contribution in [3.8, 4) is 0 Å². The molecule has 2 N–H and O–H groups in total. The Morgan fingerprint density at radius 2 is 2.30 bits per heavy atom. The third-order valence-corrected chi connectivity index (χ3v) is 3.23. The Kier molecular flexibility index (Phi) is 3.25. The van der Waals surface area contributed by atoms with E-state index in [0.717, 1.165) is 22.0 Å². The van der Waals surface area contributed by atoms with Gasteiger partial charge in [-0.25, -0.2) is 14.9 Å². The minimum Gasteiger partial charge on any atom is -0.431 e. The molecule has 0 fully saturated rings. The van der Waals surface area contributed by atoms with Gasteiger partial charge in [0.25, 0.3) is 5.22 Å². The molecule has 3 aromatic rings. The fourth-order valence-electron chi connectivity index (χ4n) is 1.53. The number of hydrogen-bond acceptors (Lipinski definition) is 6. The summed E-state index contributed by atoms with van der Waals surface area (Å²) in [6, 6.07) is 7.34. The van der Waals surface area contributed by atoms with Crippen LogP contribution in [0.25, 0.3) is 11.1 Å². The van der Waals surface area contributed by atoms with Gasteiger partial charge < -0.3 is 4.42 Å². The van der Waals surface area contributed by atoms with Gasteiger partial charge in [-0.15, -0.1) is 0 Å². The number of oxazole rings is 1. The van der Waals surface area contributed by atoms with Crippen molar-refractivity contribution in [2.24, 2.45) is 0 Å². The van der Waals surface area contributed by atoms with E-state index in [1.807, 2.05) is 18.2 Å². The van der Waals surface area contributed by atoms with Crippen LogP contribution in [0.1, 0.15) is 0 Å². The molecular weight excluding hydrogens is 282 g/mol. The topological polar surface area (TPSA) is 106 Å². The van der Waals surface area contributed by atoms with Gasteiger partial charge in [0.05, 0.1) is 5.75 Å². The number of fused-ring (bicyclic) bond motifs is 1. The standard InChI is InChI=1S/C11H9N5O3S/c17-9(15-16-6-12-14-10(16)18)5-20-11-13-7-3-1-2-4-8(7)19-11/h1-4,6H,5H2,(H,14,18)(H,15,17). The molecule has 0 atom stereocenters. The molecule has 0 unspecified atom stereocenters. The fourth-order valence-corrected chi connectivity index (χ4v) is 2.17. The number of hydrogen-bond donors (Lipinski definition) is 2. The van der Waals surface area contributed by atoms with E-state index >= 15 is 0 Å². The summed E-state index contributed by atoms with van der Waals surface area (Å²) >= 11 is 1.15. The first kappa shape index (κ1) is 12.5. The number of carbonyl (C=O) groups excluding carboxylic acids is 1. The summed E-state index contributed by atoms with van der Waals surface area (Å²) in [7, 11) is 0. The lowest BCUT2D eigenvalue weighted by molar-refractivity contribution is -0.114. The molecule has 0 bridgehead atoms. The summed E-state index contributed by atoms with van der Waals surface area (Å²) in [6.07, 6.45) is 1.18. The van der Waals surface area contributed by atoms with Gasteiger partial charge >= 0.3 is 5.69 Å². The summed E-state index contributed by atoms with van der Waals surface area (Å²) in [5.41, 5.74) is 3.27. The predicted octanol–water partition coefficient (Wildman–Crippen LogP) is 0.575. The highest BCUT2D eigenvalue weighted by molar-refractivity contribution is 7.99. The van der Waals surface area contributed by atoms with Gasteiger partial charge in [-0.05, 0) is 12.1 Å². The molecule has 0 aliphatic rings. The Hall–Kier alpha value is -2.55. The summed E-state index contributed by atoms with van der Waals surface area (Å²) in [5.74, 6) is -0.287. The Labute approximate surface area is 116 Å². The Bertz CT molecular complexity index is 772. The highest BCUT2D eigenvalue weighted by Gasteiger charge is 2.09. The molecule has 0 aliphatic heterocycles. The van der Waals surface area contributed by atoms with Crippen LogP contribution in [0, 0.1) is 0 Å². The van der Waals surface area contributed by atoms with E-state index in [1.54, 1.807) is 6.07 Å². The normalized spacial score (nSPS) is 10.8. The molecule has 2 heterocycles. The number of aromatic amines is 1. The van der Waals surface area contributed by atoms with Gasteiger partial charge in [0.15, 0.2) is 5.58 Å². The maximum Gasteiger partial charge on any atom is 0.362 e. The molecule has 20 heavy (non-hydrogen) atoms. The summed E-state index contributed by atoms with van der Waals surface area (Å²) in [6.45, 7) is 0. The van der Waals surface area contributed by atoms with Crippen molar-refractivity contribution >= 4 is 28.8 Å². The lowest BCUT2D eigenvalue weighted by Gasteiger charge is -2.01. The average molecular weight is 291 g/mol. The van der Waals surface area contributed by atoms with Crippen LogP contribution in [0.4, 0.5) is 0 Å². The third kappa shape index (κ3) is 2.57. The number of benzene rings is 1. The molecule has 0 aliphatic carbocycles. The lowest BCUT2D eigenvalue weighted by atomic mass is 10.3. The van der Waals surface area contributed by atoms with E-state index in [9.17, 15) is 9.59 Å². The molecule has 3 rings (SSSR count). The zero-order valence-electron chi connectivity index (χ0n) is 10.1. The SMILES string of the molecule is O=C(CSc1nc2ccccc2o1)Nn1cn[nH]c1=O. The van der Waals surface area contributed by atoms with E-state index in [1.165, 1.54) is 6.33 Å². The number of amides is 1. The number of aromatic nitrogens is 4. The van der Waals surface area contributed by atoms with E-state index in [4.69, 9.17) is 4.42 Å². The Morgan fingerprint density at radius 3 is 3.05 bits per heavy atom. The zero-order chi connectivity index (χ0) is 13.9. The Balaban J connectivity index is 1.63. The number of H-pyrrole nitrogens is 1. The lowest BCUT2D eigenvalue weighted by Crippen LogP contribution is -2.31. The van der Waals surface area contributed by atoms with Crippen LogP contribution in [-0.2, 0) is 4.79 Å². The quantitative estimate of drug-likeness (QED) is 0.681. The van der Waals surface area contributed by atoms with Crippen LogP contribution in [0.2, 0.25) is 0 Å². The van der Waals surface area contributed by atoms with Crippen LogP contribution in [0.5, 0.6) is 0 Å². The number of thioether (sulfide) groups is 1. The molecule has 0 saturated heterocycles. The summed E-state index contributed by atoms with van der Waals surface area (Å²) in [4.78, 5) is 27.0. The van der Waals surface area contributed by atoms with E-state index < -0.39 is 5.69 Å². The van der Waals surface area contributed by atoms with Crippen molar-refractivity contribution < 1.29 is 9.21 Å². The molecule has 1 amide bonds. The average Bonchev–Trinajstić information content (AvgIpc) is 3.03. The van der Waals surface area contributed by atoms with Crippen LogP contribution in [0.15, 0.2) is 45.0 Å². The zero-order valence-corrected chi connectivity index (χ0v) is 10.9. The largest absolute Gasteiger partial charge is 0.431 e. The van der Waals surface area contributed by atoms with Gasteiger partial charge in [-0.1, -0.05) is 23.9 Å². The summed E-state index contributed by atoms with van der Waals surface area (Å²) in [5, 5.41) is 6.07. The number of carbonyl (C=O) groups is 1. The maximum atomic E-state index is 11.6. The van der Waals surface area contributed by atoms with Crippen LogP contribution in [0.3, 0.4) is 0 Å². The van der Waals surface area contributed by atoms with Crippen molar-refractivity contribution in [2.45, 2.75) is 5.22 Å². The minimum absolute atomic E-state index is 0.0739. The highest BCUT2D eigenvalue weighted by atomic mass is 32.2. The molecule has 9 heteroatoms. The first-order chi connectivity index (χ1) is 9.72. The van der Waals surface area contributed by atoms with Gasteiger partial charge in [0.2, 0.25) is 5.91 Å². The molecule has 0 saturated carbocycles. The molecule has 0 radical (unpaired) electrons. The second-order valence-electron chi connectivity index (χ2n) is 3.80. The number of nitrogens with zero attached hydrogens (tertiary/aromatic N) is 3. The first-order valence-electron chi connectivity index (χ1n) is 5.62. The number of rotatable bonds is 4. The second-order valence-corrected chi connectivity index (χ2v) is 4.73. The van der Waals surface area contributed by atoms with Crippen LogP contribution >= 0.6 is 11.8 Å². The molecule has 0 spiro atoms. The van der Waals surface area contributed by atoms with Gasteiger partial charge in [0, 0.05) is 0 Å². The van der Waals surface area contributed by atoms with Crippen molar-refractivity contribution in [3.63, 3.8) is 0 Å². The second kappa shape index (κ2) is 5.21. The van der Waals surface area contributed by atoms with Crippen LogP contribution in [-0.4, -0.2) is 31.5 Å². The molecular formula is C11H9N5O3S. The fraction of sp³-hybridized carbons (Fsp3) is 0.0909. The van der Waals surface area contributed by atoms with Gasteiger partial charge in [-0.3, -0.25) is 10.2 Å². The van der Waals surface area contributed by atoms with Gasteiger partial charge in [-0.2, -0.15) is 9.77 Å². The Morgan fingerprint density at radius 1 is 1.45 bits per heavy atom. The number of para-hydroxylation sites is 2. The van der Waals surface area contributed by atoms with Gasteiger partial charge in [0.1, 0.15) is 11.8 Å². The highest BCUT2D eigenvalue weighted by Crippen LogP contribution is 2.22. The molecule has 2 aromatic heterocycles. The molecule has 1 aromatic carbocycles. The van der Waals surface area contributed by atoms with Crippen molar-refractivity contribution in [2.75, 3.05) is 11.2 Å². The maximum absolute atomic E-state index is 11.6. The molecule has 102 valence electrons. The summed E-state index contributed by atoms with van der Waals surface area (Å²) < 4.78 is 6.43. The smallest absolute Gasteiger partial charge is 0.362 e. The van der Waals surface area contributed by atoms with E-state index in [2.05, 4.69) is 20.6 Å². The van der Waals surface area contributed by atoms with Crippen molar-refractivity contribution in [1.29, 1.82) is 0 Å². The van der Waals surface area contributed by atoms with E-state index in [0.29, 0.717) is 10.8 Å². The monoisotopic (exact) mass is 291 g/mol. The number of nitrogens with one attached hydrogen (secondary N) is 2. The predicted molar refractivity (Wildman–Crippen MR) is 71.9 cm³/mol. The first-order valence-corrected chi connectivity index (χ1v) is 6.61. The minimum atomic E-state index is -0.509. The molecule has 8 nitrogen and oxygen atoms in total. The van der Waals surface area contributed by atoms with E-state index in [-0.39, 0.29) is 11.7 Å². The third-order valence-electron chi connectivity index (χ3n) is 2.40. The van der Waals surface area contributed by atoms with Crippen molar-refractivity contribution in [1.82, 2.24) is 19.9 Å².